The highest BCUT2D eigenvalue weighted by Gasteiger charge is 2.34. The van der Waals surface area contributed by atoms with Crippen molar-refractivity contribution < 1.29 is 33.9 Å². The second-order valence-electron chi connectivity index (χ2n) is 18.7. The Bertz CT molecular complexity index is 3320. The van der Waals surface area contributed by atoms with Crippen molar-refractivity contribution in [2.24, 2.45) is 11.5 Å². The van der Waals surface area contributed by atoms with Gasteiger partial charge in [-0.15, -0.1) is 0 Å². The van der Waals surface area contributed by atoms with Crippen molar-refractivity contribution >= 4 is 74.0 Å². The molecule has 0 fully saturated rings. The van der Waals surface area contributed by atoms with E-state index in [4.69, 9.17) is 16.9 Å². The zero-order valence-electron chi connectivity index (χ0n) is 41.5. The number of aliphatic carboxylic acids is 1. The number of rotatable bonds is 25. The molecule has 0 radical (unpaired) electrons. The first-order chi connectivity index (χ1) is 36.8. The van der Waals surface area contributed by atoms with Gasteiger partial charge in [0.2, 0.25) is 29.5 Å². The summed E-state index contributed by atoms with van der Waals surface area (Å²) in [6, 6.07) is 29.4. The summed E-state index contributed by atoms with van der Waals surface area (Å²) in [4.78, 5) is 98.5. The van der Waals surface area contributed by atoms with E-state index in [9.17, 15) is 33.9 Å². The summed E-state index contributed by atoms with van der Waals surface area (Å²) in [7, 11) is 0. The van der Waals surface area contributed by atoms with E-state index in [0.717, 1.165) is 38.1 Å². The third-order valence-electron chi connectivity index (χ3n) is 13.2. The van der Waals surface area contributed by atoms with E-state index in [-0.39, 0.29) is 57.5 Å². The predicted octanol–water partition coefficient (Wildman–Crippen LogP) is 3.14. The van der Waals surface area contributed by atoms with Gasteiger partial charge in [0, 0.05) is 72.6 Å². The molecule has 0 aliphatic heterocycles. The van der Waals surface area contributed by atoms with E-state index in [2.05, 4.69) is 51.8 Å². The molecule has 5 aromatic carbocycles. The number of aromatic nitrogens is 4. The van der Waals surface area contributed by atoms with Gasteiger partial charge in [-0.2, -0.15) is 0 Å². The van der Waals surface area contributed by atoms with E-state index < -0.39 is 71.8 Å². The number of carboxylic acid groups (broad SMARTS) is 1. The van der Waals surface area contributed by atoms with Crippen molar-refractivity contribution in [3.8, 4) is 0 Å². The second-order valence-corrected chi connectivity index (χ2v) is 18.7. The molecule has 0 aliphatic carbocycles. The summed E-state index contributed by atoms with van der Waals surface area (Å²) in [5.74, 6) is -5.27. The summed E-state index contributed by atoms with van der Waals surface area (Å²) in [5, 5.41) is 38.2. The molecule has 8 rings (SSSR count). The molecule has 0 bridgehead atoms. The minimum absolute atomic E-state index is 0.0291. The smallest absolute Gasteiger partial charge is 0.326 e. The molecule has 20 heteroatoms. The number of aromatic amines is 3. The Balaban J connectivity index is 1.04. The maximum absolute atomic E-state index is 14.7. The lowest BCUT2D eigenvalue weighted by atomic mass is 9.99. The molecule has 3 aromatic heterocycles. The number of imidazole rings is 1. The van der Waals surface area contributed by atoms with Crippen molar-refractivity contribution in [2.45, 2.75) is 81.2 Å². The number of guanidine groups is 1. The first-order valence-corrected chi connectivity index (χ1v) is 24.9. The summed E-state index contributed by atoms with van der Waals surface area (Å²) in [5.41, 5.74) is 17.0. The molecule has 20 nitrogen and oxygen atoms in total. The van der Waals surface area contributed by atoms with Crippen LogP contribution in [0.4, 0.5) is 0 Å². The summed E-state index contributed by atoms with van der Waals surface area (Å²) < 4.78 is 0. The molecule has 5 amide bonds. The first-order valence-electron chi connectivity index (χ1n) is 24.9. The van der Waals surface area contributed by atoms with Crippen molar-refractivity contribution in [1.29, 1.82) is 5.41 Å². The van der Waals surface area contributed by atoms with Crippen LogP contribution in [0.5, 0.6) is 0 Å². The largest absolute Gasteiger partial charge is 0.480 e. The highest BCUT2D eigenvalue weighted by atomic mass is 16.4. The Kier molecular flexibility index (Phi) is 17.5. The zero-order valence-corrected chi connectivity index (χ0v) is 41.5. The van der Waals surface area contributed by atoms with Crippen molar-refractivity contribution in [1.82, 2.24) is 51.8 Å². The van der Waals surface area contributed by atoms with Gasteiger partial charge in [0.1, 0.15) is 30.2 Å². The molecular weight excluding hydrogens is 967 g/mol. The maximum Gasteiger partial charge on any atom is 0.326 e. The fourth-order valence-corrected chi connectivity index (χ4v) is 9.21. The van der Waals surface area contributed by atoms with Crippen LogP contribution in [-0.2, 0) is 60.9 Å². The molecule has 0 saturated carbocycles. The summed E-state index contributed by atoms with van der Waals surface area (Å²) >= 11 is 0. The fraction of sp³-hybridized carbons (Fsp3) is 0.250. The van der Waals surface area contributed by atoms with Gasteiger partial charge in [-0.05, 0) is 64.4 Å². The van der Waals surface area contributed by atoms with Crippen LogP contribution in [0.15, 0.2) is 146 Å². The minimum Gasteiger partial charge on any atom is -0.480 e. The van der Waals surface area contributed by atoms with Crippen LogP contribution < -0.4 is 43.4 Å². The molecule has 8 aromatic rings. The Morgan fingerprint density at radius 3 is 1.70 bits per heavy atom. The van der Waals surface area contributed by atoms with Gasteiger partial charge in [0.25, 0.3) is 0 Å². The Morgan fingerprint density at radius 1 is 0.553 bits per heavy atom. The van der Waals surface area contributed by atoms with Crippen LogP contribution in [0.25, 0.3) is 32.6 Å². The molecule has 6 atom stereocenters. The summed E-state index contributed by atoms with van der Waals surface area (Å²) in [6.45, 7) is 0.144. The number of fused-ring (bicyclic) bond motifs is 3. The van der Waals surface area contributed by atoms with E-state index in [1.54, 1.807) is 48.9 Å². The lowest BCUT2D eigenvalue weighted by molar-refractivity contribution is -0.142. The van der Waals surface area contributed by atoms with Crippen LogP contribution in [-0.4, -0.2) is 109 Å². The molecule has 0 unspecified atom stereocenters. The number of nitrogens with two attached hydrogens (primary N) is 2. The standard InChI is InChI=1S/C56H61N13O7/c57-42(26-37-29-62-43-17-8-6-15-40(37)43)50(70)66-48(28-39-31-60-32-64-39)54(74)68-46(24-33-11-2-1-3-12-33)52(72)65-45(19-10-22-61-56(58)59)51(71)67-47(25-34-20-21-35-13-4-5-14-36(35)23-34)53(73)69-49(55(75)76)27-38-30-63-44-18-9-7-16-41(38)44/h1-9,11-18,20-21,23,29-32,42,45-49,62-63H,10,19,22,24-28,57H2,(H,60,64)(H,65,72)(H,66,70)(H,67,71)(H,68,74)(H,69,73)(H,75,76)(H4,58,59,61)/t42-,45-,46+,47-,48-,49-/m0/s1. The number of carbonyl (C=O) groups excluding carboxylic acids is 5. The Morgan fingerprint density at radius 2 is 1.08 bits per heavy atom. The topological polar surface area (TPSA) is 331 Å². The number of nitrogens with zero attached hydrogens (tertiary/aromatic N) is 1. The fourth-order valence-electron chi connectivity index (χ4n) is 9.21. The first kappa shape index (κ1) is 53.0. The number of carboxylic acids is 1. The normalized spacial score (nSPS) is 13.6. The number of H-pyrrole nitrogens is 3. The van der Waals surface area contributed by atoms with Crippen LogP contribution in [0.2, 0.25) is 0 Å². The Labute approximate surface area is 437 Å². The molecule has 3 heterocycles. The third-order valence-corrected chi connectivity index (χ3v) is 13.2. The average Bonchev–Trinajstić information content (AvgIpc) is 4.20. The molecule has 76 heavy (non-hydrogen) atoms. The molecule has 0 aliphatic rings. The third kappa shape index (κ3) is 14.0. The monoisotopic (exact) mass is 1030 g/mol. The highest BCUT2D eigenvalue weighted by Crippen LogP contribution is 2.22. The number of para-hydroxylation sites is 2. The van der Waals surface area contributed by atoms with Crippen molar-refractivity contribution in [2.75, 3.05) is 6.54 Å². The van der Waals surface area contributed by atoms with Crippen LogP contribution in [0.3, 0.4) is 0 Å². The number of hydrogen-bond acceptors (Lipinski definition) is 9. The predicted molar refractivity (Wildman–Crippen MR) is 289 cm³/mol. The van der Waals surface area contributed by atoms with Gasteiger partial charge < -0.3 is 63.4 Å². The highest BCUT2D eigenvalue weighted by molar-refractivity contribution is 5.97. The number of hydrogen-bond donors (Lipinski definition) is 13. The average molecular weight is 1030 g/mol. The molecule has 0 spiro atoms. The number of amides is 5. The lowest BCUT2D eigenvalue weighted by Gasteiger charge is -2.27. The Hall–Kier alpha value is -9.30. The van der Waals surface area contributed by atoms with Crippen molar-refractivity contribution in [3.63, 3.8) is 0 Å². The summed E-state index contributed by atoms with van der Waals surface area (Å²) in [6.07, 6.45) is 6.59. The van der Waals surface area contributed by atoms with E-state index in [1.807, 2.05) is 91.0 Å². The SMILES string of the molecule is N=C(N)NCCC[C@H](NC(=O)[C@@H](Cc1ccccc1)NC(=O)[C@H](Cc1c[nH]cn1)NC(=O)[C@@H](N)Cc1c[nH]c2ccccc12)C(=O)N[C@@H](Cc1ccc2ccccc2c1)C(=O)N[C@@H](Cc1c[nH]c2ccccc12)C(=O)O. The molecule has 15 N–H and O–H groups in total. The number of nitrogens with one attached hydrogen (secondary N) is 10. The van der Waals surface area contributed by atoms with E-state index in [1.165, 1.54) is 6.33 Å². The van der Waals surface area contributed by atoms with Crippen molar-refractivity contribution in [3.05, 3.63) is 174 Å². The van der Waals surface area contributed by atoms with Gasteiger partial charge in [-0.3, -0.25) is 29.4 Å². The van der Waals surface area contributed by atoms with Crippen LogP contribution in [0.1, 0.15) is 40.8 Å². The zero-order chi connectivity index (χ0) is 53.6. The molecular formula is C56H61N13O7. The molecule has 392 valence electrons. The van der Waals surface area contributed by atoms with Gasteiger partial charge in [-0.1, -0.05) is 109 Å². The minimum atomic E-state index is -1.39. The van der Waals surface area contributed by atoms with E-state index in [0.29, 0.717) is 22.4 Å². The van der Waals surface area contributed by atoms with Gasteiger partial charge in [0.05, 0.1) is 18.1 Å². The quantitative estimate of drug-likeness (QED) is 0.0224. The molecule has 0 saturated heterocycles. The maximum atomic E-state index is 14.7. The number of carbonyl (C=O) groups is 6. The van der Waals surface area contributed by atoms with Crippen LogP contribution >= 0.6 is 0 Å². The van der Waals surface area contributed by atoms with Gasteiger partial charge >= 0.3 is 5.97 Å². The van der Waals surface area contributed by atoms with E-state index >= 15 is 0 Å². The lowest BCUT2D eigenvalue weighted by Crippen LogP contribution is -2.60. The number of benzene rings is 5. The van der Waals surface area contributed by atoms with Crippen LogP contribution in [0, 0.1) is 5.41 Å². The van der Waals surface area contributed by atoms with Gasteiger partial charge in [0.15, 0.2) is 5.96 Å². The second kappa shape index (κ2) is 25.1. The van der Waals surface area contributed by atoms with Gasteiger partial charge in [-0.25, -0.2) is 9.78 Å².